The summed E-state index contributed by atoms with van der Waals surface area (Å²) in [7, 11) is 0. The molecule has 0 amide bonds. The van der Waals surface area contributed by atoms with Crippen LogP contribution in [-0.2, 0) is 4.84 Å². The molecule has 3 aromatic rings. The molecule has 0 spiro atoms. The molecule has 0 saturated carbocycles. The molecule has 3 heterocycles. The summed E-state index contributed by atoms with van der Waals surface area (Å²) >= 11 is 0. The Hall–Kier alpha value is -3.14. The fourth-order valence-electron chi connectivity index (χ4n) is 3.65. The normalized spacial score (nSPS) is 21.8. The molecule has 25 heavy (non-hydrogen) atoms. The van der Waals surface area contributed by atoms with Gasteiger partial charge in [0.05, 0.1) is 17.9 Å². The third kappa shape index (κ3) is 2.38. The highest BCUT2D eigenvalue weighted by Gasteiger charge is 2.47. The number of nitrogens with zero attached hydrogens (tertiary/aromatic N) is 2. The molecule has 0 aliphatic carbocycles. The minimum atomic E-state index is 0.0253. The van der Waals surface area contributed by atoms with Gasteiger partial charge in [0.2, 0.25) is 0 Å². The molecule has 1 fully saturated rings. The SMILES string of the molecule is C1=C2ON(c3ccccc3)C(c3ccco3)C2CN1c1ccccc1. The molecule has 2 atom stereocenters. The molecule has 0 bridgehead atoms. The van der Waals surface area contributed by atoms with Crippen LogP contribution in [0.15, 0.2) is 95.4 Å². The summed E-state index contributed by atoms with van der Waals surface area (Å²) < 4.78 is 5.75. The van der Waals surface area contributed by atoms with Gasteiger partial charge in [-0.1, -0.05) is 36.4 Å². The van der Waals surface area contributed by atoms with Crippen molar-refractivity contribution in [1.29, 1.82) is 0 Å². The highest BCUT2D eigenvalue weighted by molar-refractivity contribution is 5.55. The van der Waals surface area contributed by atoms with Crippen LogP contribution in [0.2, 0.25) is 0 Å². The van der Waals surface area contributed by atoms with Crippen LogP contribution >= 0.6 is 0 Å². The van der Waals surface area contributed by atoms with Gasteiger partial charge in [-0.05, 0) is 36.4 Å². The second-order valence-corrected chi connectivity index (χ2v) is 6.34. The van der Waals surface area contributed by atoms with E-state index in [2.05, 4.69) is 47.5 Å². The summed E-state index contributed by atoms with van der Waals surface area (Å²) in [6, 6.07) is 24.6. The van der Waals surface area contributed by atoms with Crippen LogP contribution in [0.5, 0.6) is 0 Å². The van der Waals surface area contributed by atoms with Gasteiger partial charge in [-0.25, -0.2) is 0 Å². The van der Waals surface area contributed by atoms with Crippen molar-refractivity contribution in [3.63, 3.8) is 0 Å². The first-order valence-corrected chi connectivity index (χ1v) is 8.49. The van der Waals surface area contributed by atoms with E-state index in [1.807, 2.05) is 41.5 Å². The summed E-state index contributed by atoms with van der Waals surface area (Å²) in [5, 5.41) is 1.97. The number of hydroxylamine groups is 1. The number of hydrogen-bond donors (Lipinski definition) is 0. The Morgan fingerprint density at radius 1 is 0.800 bits per heavy atom. The Labute approximate surface area is 146 Å². The molecule has 4 nitrogen and oxygen atoms in total. The maximum absolute atomic E-state index is 6.25. The number of rotatable bonds is 3. The Kier molecular flexibility index (Phi) is 3.27. The Balaban J connectivity index is 1.52. The predicted molar refractivity (Wildman–Crippen MR) is 96.8 cm³/mol. The predicted octanol–water partition coefficient (Wildman–Crippen LogP) is 4.75. The van der Waals surface area contributed by atoms with Gasteiger partial charge >= 0.3 is 0 Å². The first-order valence-electron chi connectivity index (χ1n) is 8.49. The van der Waals surface area contributed by atoms with Crippen LogP contribution in [0.3, 0.4) is 0 Å². The van der Waals surface area contributed by atoms with Crippen molar-refractivity contribution in [3.05, 3.63) is 96.8 Å². The van der Waals surface area contributed by atoms with E-state index in [0.29, 0.717) is 0 Å². The zero-order valence-electron chi connectivity index (χ0n) is 13.7. The smallest absolute Gasteiger partial charge is 0.156 e. The van der Waals surface area contributed by atoms with E-state index >= 15 is 0 Å². The lowest BCUT2D eigenvalue weighted by Crippen LogP contribution is -2.28. The molecular weight excluding hydrogens is 312 g/mol. The highest BCUT2D eigenvalue weighted by atomic mass is 16.7. The van der Waals surface area contributed by atoms with Crippen LogP contribution in [-0.4, -0.2) is 6.54 Å². The third-order valence-electron chi connectivity index (χ3n) is 4.81. The topological polar surface area (TPSA) is 28.9 Å². The van der Waals surface area contributed by atoms with Gasteiger partial charge in [0.1, 0.15) is 11.8 Å². The summed E-state index contributed by atoms with van der Waals surface area (Å²) in [4.78, 5) is 8.50. The minimum absolute atomic E-state index is 0.0253. The van der Waals surface area contributed by atoms with Crippen LogP contribution in [0, 0.1) is 5.92 Å². The van der Waals surface area contributed by atoms with Crippen molar-refractivity contribution < 1.29 is 9.25 Å². The fourth-order valence-corrected chi connectivity index (χ4v) is 3.65. The summed E-state index contributed by atoms with van der Waals surface area (Å²) in [5.74, 6) is 2.13. The van der Waals surface area contributed by atoms with Gasteiger partial charge in [-0.15, -0.1) is 0 Å². The number of benzene rings is 2. The lowest BCUT2D eigenvalue weighted by atomic mass is 9.98. The van der Waals surface area contributed by atoms with Gasteiger partial charge in [0.15, 0.2) is 5.76 Å². The van der Waals surface area contributed by atoms with E-state index in [1.165, 1.54) is 5.69 Å². The van der Waals surface area contributed by atoms with Gasteiger partial charge < -0.3 is 14.2 Å². The van der Waals surface area contributed by atoms with Crippen LogP contribution in [0.25, 0.3) is 0 Å². The summed E-state index contributed by atoms with van der Waals surface area (Å²) in [5.41, 5.74) is 2.21. The second-order valence-electron chi connectivity index (χ2n) is 6.34. The quantitative estimate of drug-likeness (QED) is 0.693. The molecule has 2 unspecified atom stereocenters. The Morgan fingerprint density at radius 3 is 2.20 bits per heavy atom. The molecule has 5 rings (SSSR count). The van der Waals surface area contributed by atoms with E-state index in [-0.39, 0.29) is 12.0 Å². The van der Waals surface area contributed by atoms with E-state index in [0.717, 1.165) is 23.8 Å². The van der Waals surface area contributed by atoms with Crippen LogP contribution < -0.4 is 9.96 Å². The number of hydrogen-bond acceptors (Lipinski definition) is 4. The van der Waals surface area contributed by atoms with Crippen molar-refractivity contribution in [3.8, 4) is 0 Å². The van der Waals surface area contributed by atoms with Gasteiger partial charge in [-0.2, -0.15) is 5.06 Å². The lowest BCUT2D eigenvalue weighted by Gasteiger charge is -2.27. The molecule has 4 heteroatoms. The molecular formula is C21H18N2O2. The van der Waals surface area contributed by atoms with Crippen molar-refractivity contribution in [2.24, 2.45) is 5.92 Å². The van der Waals surface area contributed by atoms with E-state index in [1.54, 1.807) is 6.26 Å². The third-order valence-corrected chi connectivity index (χ3v) is 4.81. The number of para-hydroxylation sites is 2. The Bertz CT molecular complexity index is 875. The lowest BCUT2D eigenvalue weighted by molar-refractivity contribution is 0.207. The Morgan fingerprint density at radius 2 is 1.52 bits per heavy atom. The van der Waals surface area contributed by atoms with Gasteiger partial charge in [-0.3, -0.25) is 0 Å². The first-order chi connectivity index (χ1) is 12.4. The van der Waals surface area contributed by atoms with Crippen molar-refractivity contribution in [2.45, 2.75) is 6.04 Å². The summed E-state index contributed by atoms with van der Waals surface area (Å²) in [6.07, 6.45) is 3.84. The zero-order chi connectivity index (χ0) is 16.6. The van der Waals surface area contributed by atoms with E-state index in [9.17, 15) is 0 Å². The van der Waals surface area contributed by atoms with Crippen LogP contribution in [0.4, 0.5) is 11.4 Å². The molecule has 1 aromatic heterocycles. The highest BCUT2D eigenvalue weighted by Crippen LogP contribution is 2.47. The number of furan rings is 1. The number of fused-ring (bicyclic) bond motifs is 1. The monoisotopic (exact) mass is 330 g/mol. The molecule has 0 radical (unpaired) electrons. The van der Waals surface area contributed by atoms with Crippen LogP contribution in [0.1, 0.15) is 11.8 Å². The second kappa shape index (κ2) is 5.74. The van der Waals surface area contributed by atoms with Crippen molar-refractivity contribution in [1.82, 2.24) is 0 Å². The van der Waals surface area contributed by atoms with Crippen molar-refractivity contribution in [2.75, 3.05) is 16.5 Å². The molecule has 2 aliphatic heterocycles. The first kappa shape index (κ1) is 14.2. The van der Waals surface area contributed by atoms with E-state index in [4.69, 9.17) is 9.25 Å². The molecule has 1 saturated heterocycles. The molecule has 2 aromatic carbocycles. The number of anilines is 2. The average Bonchev–Trinajstić information content (AvgIpc) is 3.39. The van der Waals surface area contributed by atoms with E-state index < -0.39 is 0 Å². The maximum Gasteiger partial charge on any atom is 0.156 e. The van der Waals surface area contributed by atoms with Crippen molar-refractivity contribution >= 4 is 11.4 Å². The molecule has 0 N–H and O–H groups in total. The maximum atomic E-state index is 6.25. The fraction of sp³-hybridized carbons (Fsp3) is 0.143. The minimum Gasteiger partial charge on any atom is -0.467 e. The molecule has 124 valence electrons. The average molecular weight is 330 g/mol. The standard InChI is InChI=1S/C21H18N2O2/c1-3-8-16(9-4-1)22-14-18-20(15-22)25-23(17-10-5-2-6-11-17)21(18)19-12-7-13-24-19/h1-13,15,18,21H,14H2. The van der Waals surface area contributed by atoms with Gasteiger partial charge in [0.25, 0.3) is 0 Å². The molecule has 2 aliphatic rings. The largest absolute Gasteiger partial charge is 0.467 e. The summed E-state index contributed by atoms with van der Waals surface area (Å²) in [6.45, 7) is 0.869. The van der Waals surface area contributed by atoms with Gasteiger partial charge in [0, 0.05) is 18.4 Å². The zero-order valence-corrected chi connectivity index (χ0v) is 13.7.